The van der Waals surface area contributed by atoms with Gasteiger partial charge in [0.15, 0.2) is 5.76 Å². The van der Waals surface area contributed by atoms with E-state index in [1.54, 1.807) is 6.07 Å². The van der Waals surface area contributed by atoms with Crippen LogP contribution in [0.3, 0.4) is 0 Å². The van der Waals surface area contributed by atoms with Gasteiger partial charge >= 0.3 is 0 Å². The molecule has 0 fully saturated rings. The maximum absolute atomic E-state index is 12.8. The summed E-state index contributed by atoms with van der Waals surface area (Å²) in [6, 6.07) is 11.7. The number of nitrogens with zero attached hydrogens (tertiary/aromatic N) is 1. The Morgan fingerprint density at radius 2 is 2.04 bits per heavy atom. The lowest BCUT2D eigenvalue weighted by atomic mass is 10.1. The third kappa shape index (κ3) is 2.93. The number of hydrogen-bond acceptors (Lipinski definition) is 3. The van der Waals surface area contributed by atoms with Gasteiger partial charge < -0.3 is 14.0 Å². The van der Waals surface area contributed by atoms with Gasteiger partial charge in [0.2, 0.25) is 5.78 Å². The van der Waals surface area contributed by atoms with Crippen LogP contribution in [0.25, 0.3) is 17.0 Å². The molecule has 2 heterocycles. The average Bonchev–Trinajstić information content (AvgIpc) is 3.13. The molecule has 0 bridgehead atoms. The van der Waals surface area contributed by atoms with Gasteiger partial charge in [-0.25, -0.2) is 0 Å². The molecule has 4 rings (SSSR count). The van der Waals surface area contributed by atoms with Crippen LogP contribution >= 0.6 is 0 Å². The molecule has 2 aromatic carbocycles. The molecule has 0 radical (unpaired) electrons. The molecule has 0 aliphatic carbocycles. The van der Waals surface area contributed by atoms with Gasteiger partial charge in [0, 0.05) is 35.3 Å². The molecule has 4 nitrogen and oxygen atoms in total. The number of allylic oxidation sites excluding steroid dienone is 1. The van der Waals surface area contributed by atoms with Crippen molar-refractivity contribution in [1.82, 2.24) is 4.57 Å². The van der Waals surface area contributed by atoms with Gasteiger partial charge in [-0.15, -0.1) is 0 Å². The van der Waals surface area contributed by atoms with Crippen molar-refractivity contribution in [2.45, 2.75) is 13.8 Å². The summed E-state index contributed by atoms with van der Waals surface area (Å²) in [7, 11) is 1.99. The number of aromatic nitrogens is 1. The highest BCUT2D eigenvalue weighted by molar-refractivity contribution is 6.15. The molecule has 0 saturated carbocycles. The second-order valence-corrected chi connectivity index (χ2v) is 6.96. The Morgan fingerprint density at radius 1 is 1.26 bits per heavy atom. The number of aryl methyl sites for hydroxylation is 1. The van der Waals surface area contributed by atoms with Crippen LogP contribution in [-0.2, 0) is 7.05 Å². The molecular weight excluding hydrogens is 338 g/mol. The molecule has 0 spiro atoms. The van der Waals surface area contributed by atoms with Crippen LogP contribution in [0.2, 0.25) is 0 Å². The van der Waals surface area contributed by atoms with Crippen molar-refractivity contribution >= 4 is 22.8 Å². The monoisotopic (exact) mass is 359 g/mol. The SMILES string of the molecule is C=C(C)COc1ccc2c(c1C)O/C(=C/c1cn(C)c3ccccc13)C2=O. The molecule has 1 aliphatic rings. The molecule has 27 heavy (non-hydrogen) atoms. The Hall–Kier alpha value is -3.27. The molecule has 0 saturated heterocycles. The molecule has 3 aromatic rings. The number of rotatable bonds is 4. The van der Waals surface area contributed by atoms with Crippen molar-refractivity contribution < 1.29 is 14.3 Å². The van der Waals surface area contributed by atoms with E-state index in [1.807, 2.05) is 62.0 Å². The third-order valence-electron chi connectivity index (χ3n) is 4.73. The predicted molar refractivity (Wildman–Crippen MR) is 107 cm³/mol. The Balaban J connectivity index is 1.71. The Labute approximate surface area is 158 Å². The summed E-state index contributed by atoms with van der Waals surface area (Å²) in [6.45, 7) is 8.10. The summed E-state index contributed by atoms with van der Waals surface area (Å²) >= 11 is 0. The van der Waals surface area contributed by atoms with Gasteiger partial charge in [0.05, 0.1) is 5.56 Å². The minimum Gasteiger partial charge on any atom is -0.489 e. The lowest BCUT2D eigenvalue weighted by Gasteiger charge is -2.11. The van der Waals surface area contributed by atoms with Crippen molar-refractivity contribution in [1.29, 1.82) is 0 Å². The first-order valence-electron chi connectivity index (χ1n) is 8.85. The van der Waals surface area contributed by atoms with Gasteiger partial charge in [-0.2, -0.15) is 0 Å². The molecule has 0 N–H and O–H groups in total. The van der Waals surface area contributed by atoms with E-state index in [1.165, 1.54) is 0 Å². The largest absolute Gasteiger partial charge is 0.489 e. The number of benzene rings is 2. The minimum atomic E-state index is -0.104. The van der Waals surface area contributed by atoms with E-state index >= 15 is 0 Å². The maximum atomic E-state index is 12.8. The topological polar surface area (TPSA) is 40.5 Å². The first-order valence-corrected chi connectivity index (χ1v) is 8.85. The van der Waals surface area contributed by atoms with Crippen molar-refractivity contribution in [3.8, 4) is 11.5 Å². The smallest absolute Gasteiger partial charge is 0.231 e. The van der Waals surface area contributed by atoms with Gasteiger partial charge in [0.25, 0.3) is 0 Å². The van der Waals surface area contributed by atoms with Gasteiger partial charge in [-0.3, -0.25) is 4.79 Å². The summed E-state index contributed by atoms with van der Waals surface area (Å²) in [5.41, 5.74) is 4.40. The second kappa shape index (κ2) is 6.47. The fourth-order valence-corrected chi connectivity index (χ4v) is 3.35. The van der Waals surface area contributed by atoms with Crippen LogP contribution in [0.15, 0.2) is 60.5 Å². The van der Waals surface area contributed by atoms with E-state index in [2.05, 4.69) is 12.6 Å². The van der Waals surface area contributed by atoms with Crippen molar-refractivity contribution in [2.75, 3.05) is 6.61 Å². The van der Waals surface area contributed by atoms with Gasteiger partial charge in [-0.1, -0.05) is 24.8 Å². The fourth-order valence-electron chi connectivity index (χ4n) is 3.35. The zero-order valence-corrected chi connectivity index (χ0v) is 15.7. The van der Waals surface area contributed by atoms with E-state index in [4.69, 9.17) is 9.47 Å². The van der Waals surface area contributed by atoms with Crippen molar-refractivity contribution in [3.05, 3.63) is 77.2 Å². The maximum Gasteiger partial charge on any atom is 0.231 e. The molecule has 4 heteroatoms. The molecule has 0 atom stereocenters. The van der Waals surface area contributed by atoms with Crippen molar-refractivity contribution in [2.24, 2.45) is 7.05 Å². The van der Waals surface area contributed by atoms with E-state index < -0.39 is 0 Å². The number of ketones is 1. The number of ether oxygens (including phenoxy) is 2. The highest BCUT2D eigenvalue weighted by Gasteiger charge is 2.30. The lowest BCUT2D eigenvalue weighted by molar-refractivity contribution is 0.101. The summed E-state index contributed by atoms with van der Waals surface area (Å²) in [6.07, 6.45) is 3.82. The number of carbonyl (C=O) groups excluding carboxylic acids is 1. The zero-order valence-electron chi connectivity index (χ0n) is 15.7. The van der Waals surface area contributed by atoms with E-state index in [9.17, 15) is 4.79 Å². The Kier molecular flexibility index (Phi) is 4.11. The summed E-state index contributed by atoms with van der Waals surface area (Å²) in [4.78, 5) is 12.8. The van der Waals surface area contributed by atoms with E-state index in [0.29, 0.717) is 29.4 Å². The molecule has 0 amide bonds. The van der Waals surface area contributed by atoms with Crippen molar-refractivity contribution in [3.63, 3.8) is 0 Å². The normalized spacial score (nSPS) is 14.5. The number of hydrogen-bond donors (Lipinski definition) is 0. The lowest BCUT2D eigenvalue weighted by Crippen LogP contribution is -2.00. The molecule has 1 aliphatic heterocycles. The highest BCUT2D eigenvalue weighted by atomic mass is 16.5. The van der Waals surface area contributed by atoms with Crippen LogP contribution in [-0.4, -0.2) is 17.0 Å². The minimum absolute atomic E-state index is 0.104. The number of Topliss-reactive ketones (excluding diaryl/α,β-unsaturated/α-hetero) is 1. The van der Waals surface area contributed by atoms with Crippen LogP contribution in [0.1, 0.15) is 28.4 Å². The standard InChI is InChI=1S/C23H21NO3/c1-14(2)13-26-20-10-9-18-22(25)21(27-23(18)15(20)3)11-16-12-24(4)19-8-6-5-7-17(16)19/h5-12H,1,13H2,2-4H3/b21-11+. The summed E-state index contributed by atoms with van der Waals surface area (Å²) in [5, 5.41) is 1.09. The number of carbonyl (C=O) groups is 1. The second-order valence-electron chi connectivity index (χ2n) is 6.96. The fraction of sp³-hybridized carbons (Fsp3) is 0.174. The Morgan fingerprint density at radius 3 is 2.81 bits per heavy atom. The third-order valence-corrected chi connectivity index (χ3v) is 4.73. The predicted octanol–water partition coefficient (Wildman–Crippen LogP) is 5.06. The van der Waals surface area contributed by atoms with E-state index in [0.717, 1.165) is 27.6 Å². The highest BCUT2D eigenvalue weighted by Crippen LogP contribution is 2.39. The quantitative estimate of drug-likeness (QED) is 0.483. The summed E-state index contributed by atoms with van der Waals surface area (Å²) < 4.78 is 13.8. The molecule has 0 unspecified atom stereocenters. The van der Waals surface area contributed by atoms with Gasteiger partial charge in [-0.05, 0) is 43.7 Å². The number of fused-ring (bicyclic) bond motifs is 2. The average molecular weight is 359 g/mol. The molecule has 1 aromatic heterocycles. The zero-order chi connectivity index (χ0) is 19.1. The molecule has 136 valence electrons. The van der Waals surface area contributed by atoms with E-state index in [-0.39, 0.29) is 5.78 Å². The van der Waals surface area contributed by atoms with Gasteiger partial charge in [0.1, 0.15) is 18.1 Å². The van der Waals surface area contributed by atoms with Crippen LogP contribution in [0.5, 0.6) is 11.5 Å². The first kappa shape index (κ1) is 17.2. The molecular formula is C23H21NO3. The van der Waals surface area contributed by atoms with Crippen LogP contribution < -0.4 is 9.47 Å². The first-order chi connectivity index (χ1) is 13.0. The van der Waals surface area contributed by atoms with Crippen LogP contribution in [0, 0.1) is 6.92 Å². The summed E-state index contributed by atoms with van der Waals surface area (Å²) in [5.74, 6) is 1.51. The Bertz CT molecular complexity index is 1120. The number of para-hydroxylation sites is 1. The van der Waals surface area contributed by atoms with Crippen LogP contribution in [0.4, 0.5) is 0 Å².